The maximum absolute atomic E-state index is 13.9. The van der Waals surface area contributed by atoms with Gasteiger partial charge in [-0.3, -0.25) is 4.98 Å². The van der Waals surface area contributed by atoms with Crippen LogP contribution in [0.2, 0.25) is 0 Å². The van der Waals surface area contributed by atoms with Gasteiger partial charge < -0.3 is 4.74 Å². The molecule has 0 N–H and O–H groups in total. The van der Waals surface area contributed by atoms with Crippen LogP contribution in [0.3, 0.4) is 0 Å². The molecule has 0 saturated carbocycles. The molecule has 0 bridgehead atoms. The molecule has 0 fully saturated rings. The lowest BCUT2D eigenvalue weighted by Crippen LogP contribution is -2.08. The number of benzene rings is 1. The summed E-state index contributed by atoms with van der Waals surface area (Å²) >= 11 is 0. The number of rotatable bonds is 2. The number of fused-ring (bicyclic) bond motifs is 1. The minimum absolute atomic E-state index is 0.0974. The summed E-state index contributed by atoms with van der Waals surface area (Å²) in [5.74, 6) is -0.145. The van der Waals surface area contributed by atoms with Crippen LogP contribution in [0.4, 0.5) is 4.39 Å². The first-order valence-electron chi connectivity index (χ1n) is 7.05. The van der Waals surface area contributed by atoms with Gasteiger partial charge in [0.15, 0.2) is 0 Å². The van der Waals surface area contributed by atoms with Gasteiger partial charge in [0, 0.05) is 11.1 Å². The van der Waals surface area contributed by atoms with E-state index >= 15 is 0 Å². The Kier molecular flexibility index (Phi) is 3.53. The van der Waals surface area contributed by atoms with Crippen molar-refractivity contribution in [3.8, 4) is 0 Å². The highest BCUT2D eigenvalue weighted by Gasteiger charge is 2.15. The smallest absolute Gasteiger partial charge is 0.129 e. The number of hydrogen-bond acceptors (Lipinski definition) is 2. The summed E-state index contributed by atoms with van der Waals surface area (Å²) in [7, 11) is 0. The normalized spacial score (nSPS) is 15.9. The molecule has 1 aliphatic heterocycles. The molecule has 0 radical (unpaired) electrons. The quantitative estimate of drug-likeness (QED) is 0.816. The Bertz CT molecular complexity index is 691. The number of ether oxygens (including phenoxy) is 1. The summed E-state index contributed by atoms with van der Waals surface area (Å²) in [6.45, 7) is 4.83. The lowest BCUT2D eigenvalue weighted by Gasteiger charge is -2.17. The molecular weight excluding hydrogens is 253 g/mol. The Hall–Kier alpha value is -1.74. The minimum atomic E-state index is -0.145. The van der Waals surface area contributed by atoms with Gasteiger partial charge in [0.2, 0.25) is 0 Å². The largest absolute Gasteiger partial charge is 0.374 e. The highest BCUT2D eigenvalue weighted by atomic mass is 19.1. The number of hydrogen-bond donors (Lipinski definition) is 0. The van der Waals surface area contributed by atoms with E-state index in [4.69, 9.17) is 4.74 Å². The summed E-state index contributed by atoms with van der Waals surface area (Å²) in [4.78, 5) is 4.56. The molecule has 1 aromatic heterocycles. The van der Waals surface area contributed by atoms with E-state index in [2.05, 4.69) is 24.0 Å². The number of pyridine rings is 1. The predicted molar refractivity (Wildman–Crippen MR) is 79.3 cm³/mol. The second kappa shape index (κ2) is 5.33. The molecule has 20 heavy (non-hydrogen) atoms. The molecular formula is C17H18FNO. The van der Waals surface area contributed by atoms with E-state index in [9.17, 15) is 4.39 Å². The van der Waals surface area contributed by atoms with E-state index in [0.29, 0.717) is 13.0 Å². The molecule has 0 spiro atoms. The molecule has 0 unspecified atom stereocenters. The Morgan fingerprint density at radius 2 is 2.15 bits per heavy atom. The molecule has 0 aliphatic carbocycles. The average Bonchev–Trinajstić information content (AvgIpc) is 2.46. The van der Waals surface area contributed by atoms with Crippen LogP contribution in [-0.2, 0) is 11.2 Å². The monoisotopic (exact) mass is 271 g/mol. The molecule has 2 heterocycles. The fourth-order valence-corrected chi connectivity index (χ4v) is 2.78. The van der Waals surface area contributed by atoms with Crippen molar-refractivity contribution in [2.24, 2.45) is 0 Å². The van der Waals surface area contributed by atoms with Gasteiger partial charge in [0.05, 0.1) is 18.7 Å². The van der Waals surface area contributed by atoms with E-state index in [1.165, 1.54) is 5.56 Å². The van der Waals surface area contributed by atoms with E-state index in [1.807, 2.05) is 19.1 Å². The van der Waals surface area contributed by atoms with Crippen LogP contribution < -0.4 is 0 Å². The summed E-state index contributed by atoms with van der Waals surface area (Å²) in [6, 6.07) is 8.14. The van der Waals surface area contributed by atoms with Crippen LogP contribution in [0.25, 0.3) is 16.5 Å². The minimum Gasteiger partial charge on any atom is -0.374 e. The van der Waals surface area contributed by atoms with Crippen molar-refractivity contribution in [3.05, 3.63) is 46.9 Å². The van der Waals surface area contributed by atoms with Gasteiger partial charge in [-0.25, -0.2) is 4.39 Å². The van der Waals surface area contributed by atoms with Gasteiger partial charge in [0.1, 0.15) is 5.83 Å². The van der Waals surface area contributed by atoms with E-state index in [-0.39, 0.29) is 12.4 Å². The van der Waals surface area contributed by atoms with Gasteiger partial charge in [-0.15, -0.1) is 0 Å². The molecule has 1 aromatic carbocycles. The summed E-state index contributed by atoms with van der Waals surface area (Å²) in [5, 5.41) is 1.13. The lowest BCUT2D eigenvalue weighted by molar-refractivity contribution is 0.138. The Labute approximate surface area is 118 Å². The second-order valence-electron chi connectivity index (χ2n) is 5.19. The molecule has 104 valence electrons. The zero-order valence-corrected chi connectivity index (χ0v) is 11.9. The van der Waals surface area contributed by atoms with Crippen molar-refractivity contribution in [2.75, 3.05) is 13.2 Å². The van der Waals surface area contributed by atoms with Crippen molar-refractivity contribution < 1.29 is 9.13 Å². The van der Waals surface area contributed by atoms with E-state index < -0.39 is 0 Å². The molecule has 0 amide bonds. The van der Waals surface area contributed by atoms with Crippen LogP contribution in [0.5, 0.6) is 0 Å². The Morgan fingerprint density at radius 3 is 2.90 bits per heavy atom. The Morgan fingerprint density at radius 1 is 1.30 bits per heavy atom. The third-order valence-corrected chi connectivity index (χ3v) is 3.80. The molecule has 0 saturated heterocycles. The maximum atomic E-state index is 13.9. The zero-order chi connectivity index (χ0) is 14.1. The first kappa shape index (κ1) is 13.3. The maximum Gasteiger partial charge on any atom is 0.129 e. The fraction of sp³-hybridized carbons (Fsp3) is 0.353. The molecule has 2 nitrogen and oxygen atoms in total. The van der Waals surface area contributed by atoms with Crippen molar-refractivity contribution in [2.45, 2.75) is 26.7 Å². The van der Waals surface area contributed by atoms with Crippen LogP contribution >= 0.6 is 0 Å². The van der Waals surface area contributed by atoms with E-state index in [1.54, 1.807) is 0 Å². The van der Waals surface area contributed by atoms with Crippen molar-refractivity contribution in [1.29, 1.82) is 0 Å². The molecule has 0 atom stereocenters. The van der Waals surface area contributed by atoms with Crippen LogP contribution in [-0.4, -0.2) is 18.2 Å². The predicted octanol–water partition coefficient (Wildman–Crippen LogP) is 4.21. The van der Waals surface area contributed by atoms with Crippen LogP contribution in [0.1, 0.15) is 30.2 Å². The fourth-order valence-electron chi connectivity index (χ4n) is 2.78. The van der Waals surface area contributed by atoms with Crippen molar-refractivity contribution >= 4 is 16.5 Å². The summed E-state index contributed by atoms with van der Waals surface area (Å²) < 4.78 is 19.1. The number of aromatic nitrogens is 1. The zero-order valence-electron chi connectivity index (χ0n) is 11.9. The molecule has 1 aliphatic rings. The van der Waals surface area contributed by atoms with Gasteiger partial charge >= 0.3 is 0 Å². The van der Waals surface area contributed by atoms with Crippen molar-refractivity contribution in [3.63, 3.8) is 0 Å². The number of nitrogens with zero attached hydrogens (tertiary/aromatic N) is 1. The third-order valence-electron chi connectivity index (χ3n) is 3.80. The highest BCUT2D eigenvalue weighted by Crippen LogP contribution is 2.30. The van der Waals surface area contributed by atoms with Crippen molar-refractivity contribution in [1.82, 2.24) is 4.98 Å². The van der Waals surface area contributed by atoms with E-state index in [0.717, 1.165) is 34.2 Å². The molecule has 3 heteroatoms. The van der Waals surface area contributed by atoms with Crippen LogP contribution in [0, 0.1) is 6.92 Å². The van der Waals surface area contributed by atoms with Gasteiger partial charge in [-0.1, -0.05) is 13.0 Å². The topological polar surface area (TPSA) is 22.1 Å². The SMILES string of the molecule is CCc1cc(C)nc2ccc(C3=C(F)COCC3)cc12. The summed E-state index contributed by atoms with van der Waals surface area (Å²) in [5.41, 5.74) is 5.01. The van der Waals surface area contributed by atoms with Crippen LogP contribution in [0.15, 0.2) is 30.1 Å². The number of halogens is 1. The molecule has 3 rings (SSSR count). The second-order valence-corrected chi connectivity index (χ2v) is 5.19. The molecule has 2 aromatic rings. The average molecular weight is 271 g/mol. The third kappa shape index (κ3) is 2.34. The lowest BCUT2D eigenvalue weighted by atomic mass is 9.96. The summed E-state index contributed by atoms with van der Waals surface area (Å²) in [6.07, 6.45) is 1.59. The van der Waals surface area contributed by atoms with Gasteiger partial charge in [-0.2, -0.15) is 0 Å². The number of aryl methyl sites for hydroxylation is 2. The Balaban J connectivity index is 2.17. The highest BCUT2D eigenvalue weighted by molar-refractivity contribution is 5.86. The van der Waals surface area contributed by atoms with Gasteiger partial charge in [0.25, 0.3) is 0 Å². The standard InChI is InChI=1S/C17H18FNO/c1-3-12-8-11(2)19-17-5-4-13(9-15(12)17)14-6-7-20-10-16(14)18/h4-5,8-9H,3,6-7,10H2,1-2H3. The first-order valence-corrected chi connectivity index (χ1v) is 7.05. The van der Waals surface area contributed by atoms with Gasteiger partial charge in [-0.05, 0) is 54.7 Å². The first-order chi connectivity index (χ1) is 9.69.